The van der Waals surface area contributed by atoms with Gasteiger partial charge in [0, 0.05) is 12.6 Å². The molecule has 3 N–H and O–H groups in total. The third-order valence-corrected chi connectivity index (χ3v) is 3.24. The molecule has 3 heteroatoms. The van der Waals surface area contributed by atoms with E-state index in [2.05, 4.69) is 12.2 Å². The van der Waals surface area contributed by atoms with E-state index < -0.39 is 6.10 Å². The molecule has 1 aliphatic rings. The standard InChI is InChI=1S/C11H23NO2/c1-9(12-7-11(14)8-13)10-5-3-2-4-6-10/h9-14H,2-8H2,1H3/t9-,11+/m1/s1. The Labute approximate surface area is 86.5 Å². The molecule has 0 spiro atoms. The van der Waals surface area contributed by atoms with Crippen molar-refractivity contribution in [3.63, 3.8) is 0 Å². The molecule has 0 radical (unpaired) electrons. The Hall–Kier alpha value is -0.120. The van der Waals surface area contributed by atoms with E-state index in [1.807, 2.05) is 0 Å². The molecule has 0 aromatic carbocycles. The molecule has 0 aliphatic heterocycles. The summed E-state index contributed by atoms with van der Waals surface area (Å²) in [4.78, 5) is 0. The van der Waals surface area contributed by atoms with Crippen LogP contribution in [0.15, 0.2) is 0 Å². The summed E-state index contributed by atoms with van der Waals surface area (Å²) in [6.07, 6.45) is 6.08. The minimum Gasteiger partial charge on any atom is -0.394 e. The quantitative estimate of drug-likeness (QED) is 0.619. The minimum absolute atomic E-state index is 0.148. The van der Waals surface area contributed by atoms with Crippen molar-refractivity contribution in [2.45, 2.75) is 51.2 Å². The SMILES string of the molecule is C[C@@H](NC[C@H](O)CO)C1CCCCC1. The van der Waals surface area contributed by atoms with Crippen LogP contribution in [0.2, 0.25) is 0 Å². The summed E-state index contributed by atoms with van der Waals surface area (Å²) in [5.74, 6) is 0.759. The van der Waals surface area contributed by atoms with Gasteiger partial charge in [-0.1, -0.05) is 19.3 Å². The summed E-state index contributed by atoms with van der Waals surface area (Å²) < 4.78 is 0. The Morgan fingerprint density at radius 1 is 1.29 bits per heavy atom. The van der Waals surface area contributed by atoms with Crippen molar-refractivity contribution >= 4 is 0 Å². The molecule has 1 fully saturated rings. The molecule has 0 bridgehead atoms. The van der Waals surface area contributed by atoms with Crippen LogP contribution in [0.4, 0.5) is 0 Å². The number of hydrogen-bond donors (Lipinski definition) is 3. The predicted octanol–water partition coefficient (Wildman–Crippen LogP) is 0.898. The molecule has 0 heterocycles. The van der Waals surface area contributed by atoms with Crippen LogP contribution in [-0.4, -0.2) is 35.5 Å². The van der Waals surface area contributed by atoms with Crippen LogP contribution in [0.1, 0.15) is 39.0 Å². The molecule has 1 saturated carbocycles. The van der Waals surface area contributed by atoms with E-state index >= 15 is 0 Å². The summed E-state index contributed by atoms with van der Waals surface area (Å²) >= 11 is 0. The normalized spacial score (nSPS) is 23.4. The van der Waals surface area contributed by atoms with Gasteiger partial charge in [-0.2, -0.15) is 0 Å². The highest BCUT2D eigenvalue weighted by molar-refractivity contribution is 4.76. The fourth-order valence-corrected chi connectivity index (χ4v) is 2.19. The van der Waals surface area contributed by atoms with Gasteiger partial charge < -0.3 is 15.5 Å². The maximum Gasteiger partial charge on any atom is 0.0895 e. The minimum atomic E-state index is -0.610. The monoisotopic (exact) mass is 201 g/mol. The lowest BCUT2D eigenvalue weighted by atomic mass is 9.84. The van der Waals surface area contributed by atoms with Gasteiger partial charge in [-0.15, -0.1) is 0 Å². The Kier molecular flexibility index (Phi) is 5.45. The smallest absolute Gasteiger partial charge is 0.0895 e. The van der Waals surface area contributed by atoms with Crippen molar-refractivity contribution < 1.29 is 10.2 Å². The van der Waals surface area contributed by atoms with Crippen molar-refractivity contribution in [3.05, 3.63) is 0 Å². The van der Waals surface area contributed by atoms with Crippen LogP contribution in [0.5, 0.6) is 0 Å². The maximum absolute atomic E-state index is 9.19. The fourth-order valence-electron chi connectivity index (χ4n) is 2.19. The van der Waals surface area contributed by atoms with E-state index in [1.165, 1.54) is 32.1 Å². The molecule has 0 aromatic heterocycles. The van der Waals surface area contributed by atoms with E-state index in [0.29, 0.717) is 12.6 Å². The first-order valence-corrected chi connectivity index (χ1v) is 5.76. The van der Waals surface area contributed by atoms with Gasteiger partial charge in [-0.05, 0) is 25.7 Å². The van der Waals surface area contributed by atoms with Crippen molar-refractivity contribution in [1.82, 2.24) is 5.32 Å². The second-order valence-corrected chi connectivity index (χ2v) is 4.43. The lowest BCUT2D eigenvalue weighted by molar-refractivity contribution is 0.0890. The number of aliphatic hydroxyl groups is 2. The van der Waals surface area contributed by atoms with Crippen molar-refractivity contribution in [2.75, 3.05) is 13.2 Å². The van der Waals surface area contributed by atoms with Crippen LogP contribution in [0.3, 0.4) is 0 Å². The summed E-state index contributed by atoms with van der Waals surface area (Å²) in [5.41, 5.74) is 0. The van der Waals surface area contributed by atoms with Gasteiger partial charge >= 0.3 is 0 Å². The molecule has 0 unspecified atom stereocenters. The lowest BCUT2D eigenvalue weighted by Crippen LogP contribution is -2.40. The third-order valence-electron chi connectivity index (χ3n) is 3.24. The van der Waals surface area contributed by atoms with E-state index in [9.17, 15) is 5.11 Å². The summed E-state index contributed by atoms with van der Waals surface area (Å²) in [6, 6.07) is 0.469. The topological polar surface area (TPSA) is 52.5 Å². The molecule has 0 amide bonds. The molecule has 0 aromatic rings. The molecule has 2 atom stereocenters. The predicted molar refractivity (Wildman–Crippen MR) is 57.1 cm³/mol. The number of nitrogens with one attached hydrogen (secondary N) is 1. The first-order chi connectivity index (χ1) is 6.74. The molecular formula is C11H23NO2. The number of aliphatic hydroxyl groups excluding tert-OH is 2. The van der Waals surface area contributed by atoms with Crippen LogP contribution < -0.4 is 5.32 Å². The Morgan fingerprint density at radius 3 is 2.50 bits per heavy atom. The van der Waals surface area contributed by atoms with E-state index in [0.717, 1.165) is 5.92 Å². The average molecular weight is 201 g/mol. The first kappa shape index (κ1) is 12.0. The van der Waals surface area contributed by atoms with Gasteiger partial charge in [0.05, 0.1) is 12.7 Å². The highest BCUT2D eigenvalue weighted by Crippen LogP contribution is 2.26. The van der Waals surface area contributed by atoms with E-state index in [1.54, 1.807) is 0 Å². The third kappa shape index (κ3) is 3.95. The largest absolute Gasteiger partial charge is 0.394 e. The molecule has 3 nitrogen and oxygen atoms in total. The zero-order valence-electron chi connectivity index (χ0n) is 9.08. The van der Waals surface area contributed by atoms with E-state index in [4.69, 9.17) is 5.11 Å². The van der Waals surface area contributed by atoms with Gasteiger partial charge in [-0.25, -0.2) is 0 Å². The van der Waals surface area contributed by atoms with Crippen LogP contribution in [0.25, 0.3) is 0 Å². The second kappa shape index (κ2) is 6.38. The molecular weight excluding hydrogens is 178 g/mol. The second-order valence-electron chi connectivity index (χ2n) is 4.43. The van der Waals surface area contributed by atoms with Crippen LogP contribution in [0, 0.1) is 5.92 Å². The summed E-state index contributed by atoms with van der Waals surface area (Å²) in [7, 11) is 0. The summed E-state index contributed by atoms with van der Waals surface area (Å²) in [6.45, 7) is 2.54. The molecule has 0 saturated heterocycles. The number of rotatable bonds is 5. The molecule has 1 aliphatic carbocycles. The van der Waals surface area contributed by atoms with Gasteiger partial charge in [0.15, 0.2) is 0 Å². The number of hydrogen-bond acceptors (Lipinski definition) is 3. The maximum atomic E-state index is 9.19. The highest BCUT2D eigenvalue weighted by atomic mass is 16.3. The van der Waals surface area contributed by atoms with Crippen molar-refractivity contribution in [3.8, 4) is 0 Å². The lowest BCUT2D eigenvalue weighted by Gasteiger charge is -2.28. The molecule has 84 valence electrons. The van der Waals surface area contributed by atoms with Crippen molar-refractivity contribution in [1.29, 1.82) is 0 Å². The zero-order valence-corrected chi connectivity index (χ0v) is 9.08. The summed E-state index contributed by atoms with van der Waals surface area (Å²) in [5, 5.41) is 21.2. The highest BCUT2D eigenvalue weighted by Gasteiger charge is 2.19. The first-order valence-electron chi connectivity index (χ1n) is 5.76. The Morgan fingerprint density at radius 2 is 1.93 bits per heavy atom. The van der Waals surface area contributed by atoms with Crippen molar-refractivity contribution in [2.24, 2.45) is 5.92 Å². The average Bonchev–Trinajstić information content (AvgIpc) is 2.26. The fraction of sp³-hybridized carbons (Fsp3) is 1.00. The van der Waals surface area contributed by atoms with E-state index in [-0.39, 0.29) is 6.61 Å². The molecule has 14 heavy (non-hydrogen) atoms. The van der Waals surface area contributed by atoms with Gasteiger partial charge in [0.25, 0.3) is 0 Å². The van der Waals surface area contributed by atoms with Gasteiger partial charge in [-0.3, -0.25) is 0 Å². The van der Waals surface area contributed by atoms with Gasteiger partial charge in [0.2, 0.25) is 0 Å². The van der Waals surface area contributed by atoms with Gasteiger partial charge in [0.1, 0.15) is 0 Å². The Bertz CT molecular complexity index is 146. The molecule has 1 rings (SSSR count). The van der Waals surface area contributed by atoms with Crippen LogP contribution in [-0.2, 0) is 0 Å². The Balaban J connectivity index is 2.16. The zero-order chi connectivity index (χ0) is 10.4. The van der Waals surface area contributed by atoms with Crippen LogP contribution >= 0.6 is 0 Å².